The van der Waals surface area contributed by atoms with Crippen LogP contribution in [-0.2, 0) is 16.3 Å². The molecular formula is C9H7Br5O2S. The number of benzene rings is 1. The highest BCUT2D eigenvalue weighted by atomic mass is 80.0. The van der Waals surface area contributed by atoms with Gasteiger partial charge in [0, 0.05) is 6.42 Å². The first-order chi connectivity index (χ1) is 7.63. The van der Waals surface area contributed by atoms with E-state index in [1.54, 1.807) is 24.3 Å². The second-order valence-corrected chi connectivity index (χ2v) is 16.8. The summed E-state index contributed by atoms with van der Waals surface area (Å²) in [6.07, 6.45) is 0.680. The molecule has 0 unspecified atom stereocenters. The first-order valence-corrected chi connectivity index (χ1v) is 10.1. The molecule has 0 spiro atoms. The van der Waals surface area contributed by atoms with Crippen molar-refractivity contribution in [3.8, 4) is 0 Å². The van der Waals surface area contributed by atoms with Gasteiger partial charge in [0.1, 0.15) is 2.14 Å². The zero-order chi connectivity index (χ0) is 13.3. The molecule has 0 aliphatic rings. The number of alkyl halides is 5. The van der Waals surface area contributed by atoms with Crippen LogP contribution in [0.5, 0.6) is 0 Å². The van der Waals surface area contributed by atoms with Crippen molar-refractivity contribution in [2.45, 2.75) is 16.5 Å². The monoisotopic (exact) mass is 574 g/mol. The Morgan fingerprint density at radius 1 is 1.06 bits per heavy atom. The van der Waals surface area contributed by atoms with Crippen LogP contribution in [0.2, 0.25) is 0 Å². The van der Waals surface area contributed by atoms with Crippen LogP contribution >= 0.6 is 79.6 Å². The minimum absolute atomic E-state index is 0.282. The van der Waals surface area contributed by atoms with Gasteiger partial charge in [0.05, 0.1) is 4.90 Å². The standard InChI is InChI=1S/C9H7Br5O2S/c10-8(11)17(15,16)7-3-1-6(2-4-7)5-9(12,13)14/h1-4,8H,5H2. The van der Waals surface area contributed by atoms with Gasteiger partial charge in [-0.25, -0.2) is 8.42 Å². The summed E-state index contributed by atoms with van der Waals surface area (Å²) in [5, 5.41) is 0. The van der Waals surface area contributed by atoms with Gasteiger partial charge >= 0.3 is 0 Å². The normalized spacial score (nSPS) is 13.1. The number of hydrogen-bond donors (Lipinski definition) is 0. The van der Waals surface area contributed by atoms with E-state index in [2.05, 4.69) is 79.6 Å². The molecule has 0 bridgehead atoms. The Morgan fingerprint density at radius 3 is 1.88 bits per heavy atom. The van der Waals surface area contributed by atoms with Gasteiger partial charge in [-0.3, -0.25) is 0 Å². The molecule has 0 aliphatic carbocycles. The lowest BCUT2D eigenvalue weighted by Crippen LogP contribution is -2.09. The molecule has 0 heterocycles. The van der Waals surface area contributed by atoms with E-state index in [0.717, 1.165) is 5.56 Å². The van der Waals surface area contributed by atoms with E-state index >= 15 is 0 Å². The lowest BCUT2D eigenvalue weighted by Gasteiger charge is -2.12. The average Bonchev–Trinajstić information content (AvgIpc) is 2.15. The van der Waals surface area contributed by atoms with E-state index in [1.165, 1.54) is 0 Å². The second-order valence-electron chi connectivity index (χ2n) is 3.24. The summed E-state index contributed by atoms with van der Waals surface area (Å²) in [5.41, 5.74) is 1.01. The van der Waals surface area contributed by atoms with E-state index < -0.39 is 12.9 Å². The molecule has 0 amide bonds. The van der Waals surface area contributed by atoms with Crippen LogP contribution in [-0.4, -0.2) is 13.6 Å². The Balaban J connectivity index is 2.97. The molecule has 0 fully saturated rings. The SMILES string of the molecule is O=S(=O)(c1ccc(CC(Br)(Br)Br)cc1)C(Br)Br. The van der Waals surface area contributed by atoms with Gasteiger partial charge in [-0.15, -0.1) is 0 Å². The summed E-state index contributed by atoms with van der Waals surface area (Å²) in [5.74, 6) is 0. The van der Waals surface area contributed by atoms with Crippen molar-refractivity contribution in [1.82, 2.24) is 0 Å². The summed E-state index contributed by atoms with van der Waals surface area (Å²) in [6, 6.07) is 6.76. The Morgan fingerprint density at radius 2 is 1.53 bits per heavy atom. The number of halogens is 5. The van der Waals surface area contributed by atoms with Crippen LogP contribution in [0.4, 0.5) is 0 Å². The Bertz CT molecular complexity index is 475. The van der Waals surface area contributed by atoms with E-state index in [9.17, 15) is 8.42 Å². The predicted octanol–water partition coefficient (Wildman–Crippen LogP) is 4.91. The van der Waals surface area contributed by atoms with Crippen molar-refractivity contribution in [3.05, 3.63) is 29.8 Å². The second kappa shape index (κ2) is 6.35. The van der Waals surface area contributed by atoms with Crippen molar-refractivity contribution in [2.24, 2.45) is 0 Å². The highest BCUT2D eigenvalue weighted by Crippen LogP contribution is 2.37. The van der Waals surface area contributed by atoms with Crippen molar-refractivity contribution < 1.29 is 8.42 Å². The third-order valence-electron chi connectivity index (χ3n) is 1.89. The summed E-state index contributed by atoms with van der Waals surface area (Å²) < 4.78 is 22.5. The van der Waals surface area contributed by atoms with Crippen molar-refractivity contribution in [1.29, 1.82) is 0 Å². The molecule has 0 aromatic heterocycles. The van der Waals surface area contributed by atoms with E-state index in [4.69, 9.17) is 0 Å². The molecule has 8 heteroatoms. The topological polar surface area (TPSA) is 34.1 Å². The fourth-order valence-electron chi connectivity index (χ4n) is 1.13. The summed E-state index contributed by atoms with van der Waals surface area (Å²) in [7, 11) is -3.34. The van der Waals surface area contributed by atoms with Crippen LogP contribution in [0.15, 0.2) is 29.2 Å². The number of sulfone groups is 1. The van der Waals surface area contributed by atoms with Crippen LogP contribution in [0, 0.1) is 0 Å². The smallest absolute Gasteiger partial charge is 0.201 e. The average molecular weight is 579 g/mol. The molecular weight excluding hydrogens is 572 g/mol. The maximum Gasteiger partial charge on any atom is 0.201 e. The van der Waals surface area contributed by atoms with Crippen LogP contribution in [0.25, 0.3) is 0 Å². The Labute approximate surface area is 142 Å². The molecule has 1 rings (SSSR count). The molecule has 17 heavy (non-hydrogen) atoms. The lowest BCUT2D eigenvalue weighted by atomic mass is 10.2. The maximum atomic E-state index is 11.8. The van der Waals surface area contributed by atoms with E-state index in [1.807, 2.05) is 0 Å². The molecule has 0 radical (unpaired) electrons. The van der Waals surface area contributed by atoms with Gasteiger partial charge in [-0.2, -0.15) is 0 Å². The third kappa shape index (κ3) is 5.22. The van der Waals surface area contributed by atoms with E-state index in [-0.39, 0.29) is 7.04 Å². The highest BCUT2D eigenvalue weighted by molar-refractivity contribution is 9.39. The van der Waals surface area contributed by atoms with Crippen molar-refractivity contribution in [3.63, 3.8) is 0 Å². The molecule has 0 saturated carbocycles. The summed E-state index contributed by atoms with van der Waals surface area (Å²) in [4.78, 5) is 0.282. The predicted molar refractivity (Wildman–Crippen MR) is 88.5 cm³/mol. The van der Waals surface area contributed by atoms with Gasteiger partial charge in [0.25, 0.3) is 0 Å². The molecule has 96 valence electrons. The van der Waals surface area contributed by atoms with Crippen LogP contribution < -0.4 is 0 Å². The van der Waals surface area contributed by atoms with Crippen molar-refractivity contribution in [2.75, 3.05) is 0 Å². The van der Waals surface area contributed by atoms with Crippen LogP contribution in [0.3, 0.4) is 0 Å². The van der Waals surface area contributed by atoms with Crippen molar-refractivity contribution >= 4 is 89.5 Å². The number of rotatable bonds is 3. The molecule has 1 aromatic carbocycles. The van der Waals surface area contributed by atoms with Crippen LogP contribution in [0.1, 0.15) is 5.56 Å². The largest absolute Gasteiger partial charge is 0.222 e. The summed E-state index contributed by atoms with van der Waals surface area (Å²) in [6.45, 7) is 0. The van der Waals surface area contributed by atoms with Gasteiger partial charge < -0.3 is 0 Å². The lowest BCUT2D eigenvalue weighted by molar-refractivity contribution is 0.600. The minimum atomic E-state index is -3.34. The first kappa shape index (κ1) is 16.6. The zero-order valence-corrected chi connectivity index (χ0v) is 17.0. The quantitative estimate of drug-likeness (QED) is 0.478. The Hall–Kier alpha value is 1.57. The maximum absolute atomic E-state index is 11.8. The third-order valence-corrected chi connectivity index (χ3v) is 7.08. The minimum Gasteiger partial charge on any atom is -0.222 e. The molecule has 0 atom stereocenters. The van der Waals surface area contributed by atoms with E-state index in [0.29, 0.717) is 6.42 Å². The Kier molecular flexibility index (Phi) is 6.21. The molecule has 1 aromatic rings. The van der Waals surface area contributed by atoms with Gasteiger partial charge in [-0.05, 0) is 17.7 Å². The van der Waals surface area contributed by atoms with Gasteiger partial charge in [0.2, 0.25) is 9.84 Å². The van der Waals surface area contributed by atoms with Gasteiger partial charge in [-0.1, -0.05) is 91.8 Å². The fourth-order valence-corrected chi connectivity index (χ4v) is 4.12. The highest BCUT2D eigenvalue weighted by Gasteiger charge is 2.23. The molecule has 0 saturated heterocycles. The summed E-state index contributed by atoms with van der Waals surface area (Å²) >= 11 is 16.2. The first-order valence-electron chi connectivity index (χ1n) is 4.31. The van der Waals surface area contributed by atoms with Gasteiger partial charge in [0.15, 0.2) is 3.07 Å². The molecule has 2 nitrogen and oxygen atoms in total. The fraction of sp³-hybridized carbons (Fsp3) is 0.333. The zero-order valence-electron chi connectivity index (χ0n) is 8.21. The number of hydrogen-bond acceptors (Lipinski definition) is 2. The molecule has 0 N–H and O–H groups in total. The molecule has 0 aliphatic heterocycles.